The first kappa shape index (κ1) is 17.4. The van der Waals surface area contributed by atoms with E-state index < -0.39 is 0 Å². The standard InChI is InChI=1S/C19H13Cl2FN2O/c20-15-6-4-13(17(21)9-15)10-24-19(25)14-5-7-18(23-11-14)12-2-1-3-16(22)8-12/h1-9,11H,10H2,(H,24,25). The van der Waals surface area contributed by atoms with E-state index in [0.717, 1.165) is 5.56 Å². The lowest BCUT2D eigenvalue weighted by Crippen LogP contribution is -2.23. The number of nitrogens with one attached hydrogen (secondary N) is 1. The van der Waals surface area contributed by atoms with Crippen LogP contribution in [0.15, 0.2) is 60.8 Å². The summed E-state index contributed by atoms with van der Waals surface area (Å²) in [6.45, 7) is 0.278. The van der Waals surface area contributed by atoms with E-state index in [-0.39, 0.29) is 18.3 Å². The third-order valence-electron chi connectivity index (χ3n) is 3.60. The Morgan fingerprint density at radius 1 is 1.08 bits per heavy atom. The minimum atomic E-state index is -0.332. The van der Waals surface area contributed by atoms with Gasteiger partial charge in [0.25, 0.3) is 5.91 Å². The molecule has 0 bridgehead atoms. The predicted octanol–water partition coefficient (Wildman–Crippen LogP) is 5.12. The maximum Gasteiger partial charge on any atom is 0.253 e. The first-order valence-electron chi connectivity index (χ1n) is 7.47. The first-order valence-corrected chi connectivity index (χ1v) is 8.22. The molecular formula is C19H13Cl2FN2O. The highest BCUT2D eigenvalue weighted by molar-refractivity contribution is 6.35. The van der Waals surface area contributed by atoms with Gasteiger partial charge in [-0.25, -0.2) is 4.39 Å². The highest BCUT2D eigenvalue weighted by Crippen LogP contribution is 2.21. The molecule has 0 fully saturated rings. The number of halogens is 3. The van der Waals surface area contributed by atoms with Gasteiger partial charge in [0, 0.05) is 28.4 Å². The molecular weight excluding hydrogens is 362 g/mol. The fourth-order valence-corrected chi connectivity index (χ4v) is 2.76. The molecule has 0 aliphatic heterocycles. The zero-order valence-corrected chi connectivity index (χ0v) is 14.5. The fraction of sp³-hybridized carbons (Fsp3) is 0.0526. The minimum Gasteiger partial charge on any atom is -0.348 e. The number of benzene rings is 2. The van der Waals surface area contributed by atoms with E-state index in [1.54, 1.807) is 42.5 Å². The highest BCUT2D eigenvalue weighted by atomic mass is 35.5. The number of pyridine rings is 1. The predicted molar refractivity (Wildman–Crippen MR) is 97.3 cm³/mol. The lowest BCUT2D eigenvalue weighted by molar-refractivity contribution is 0.0950. The molecule has 2 aromatic carbocycles. The molecule has 0 saturated carbocycles. The average molecular weight is 375 g/mol. The van der Waals surface area contributed by atoms with Gasteiger partial charge in [0.1, 0.15) is 5.82 Å². The van der Waals surface area contributed by atoms with Crippen LogP contribution in [0.5, 0.6) is 0 Å². The van der Waals surface area contributed by atoms with Crippen molar-refractivity contribution in [2.45, 2.75) is 6.54 Å². The molecule has 0 aliphatic carbocycles. The second-order valence-electron chi connectivity index (χ2n) is 5.36. The Morgan fingerprint density at radius 2 is 1.92 bits per heavy atom. The lowest BCUT2D eigenvalue weighted by atomic mass is 10.1. The second kappa shape index (κ2) is 7.64. The van der Waals surface area contributed by atoms with Gasteiger partial charge in [-0.05, 0) is 42.0 Å². The van der Waals surface area contributed by atoms with Crippen molar-refractivity contribution in [3.8, 4) is 11.3 Å². The van der Waals surface area contributed by atoms with Gasteiger partial charge in [-0.15, -0.1) is 0 Å². The Bertz CT molecular complexity index is 914. The van der Waals surface area contributed by atoms with Crippen LogP contribution in [0.3, 0.4) is 0 Å². The van der Waals surface area contributed by atoms with Crippen molar-refractivity contribution in [3.63, 3.8) is 0 Å². The quantitative estimate of drug-likeness (QED) is 0.687. The number of nitrogens with zero attached hydrogens (tertiary/aromatic N) is 1. The summed E-state index contributed by atoms with van der Waals surface area (Å²) in [5.41, 5.74) is 2.42. The zero-order chi connectivity index (χ0) is 17.8. The van der Waals surface area contributed by atoms with E-state index in [1.807, 2.05) is 0 Å². The molecule has 1 heterocycles. The van der Waals surface area contributed by atoms with E-state index >= 15 is 0 Å². The molecule has 0 atom stereocenters. The fourth-order valence-electron chi connectivity index (χ4n) is 2.29. The summed E-state index contributed by atoms with van der Waals surface area (Å²) in [7, 11) is 0. The zero-order valence-electron chi connectivity index (χ0n) is 13.0. The number of carbonyl (C=O) groups is 1. The number of aromatic nitrogens is 1. The third kappa shape index (κ3) is 4.35. The summed E-state index contributed by atoms with van der Waals surface area (Å²) in [5, 5.41) is 3.81. The Kier molecular flexibility index (Phi) is 5.31. The summed E-state index contributed by atoms with van der Waals surface area (Å²) in [6.07, 6.45) is 1.46. The van der Waals surface area contributed by atoms with E-state index in [0.29, 0.717) is 26.9 Å². The lowest BCUT2D eigenvalue weighted by Gasteiger charge is -2.08. The molecule has 3 nitrogen and oxygen atoms in total. The average Bonchev–Trinajstić information content (AvgIpc) is 2.61. The van der Waals surface area contributed by atoms with Crippen molar-refractivity contribution in [1.82, 2.24) is 10.3 Å². The van der Waals surface area contributed by atoms with E-state index in [4.69, 9.17) is 23.2 Å². The van der Waals surface area contributed by atoms with Crippen LogP contribution in [0.4, 0.5) is 4.39 Å². The van der Waals surface area contributed by atoms with Crippen molar-refractivity contribution < 1.29 is 9.18 Å². The number of rotatable bonds is 4. The minimum absolute atomic E-state index is 0.274. The molecule has 0 radical (unpaired) electrons. The van der Waals surface area contributed by atoms with Crippen LogP contribution in [0, 0.1) is 5.82 Å². The van der Waals surface area contributed by atoms with Gasteiger partial charge in [-0.2, -0.15) is 0 Å². The number of hydrogen-bond donors (Lipinski definition) is 1. The molecule has 0 unspecified atom stereocenters. The van der Waals surface area contributed by atoms with Crippen molar-refractivity contribution in [2.75, 3.05) is 0 Å². The maximum absolute atomic E-state index is 13.3. The Morgan fingerprint density at radius 3 is 2.60 bits per heavy atom. The summed E-state index contributed by atoms with van der Waals surface area (Å²) in [5.74, 6) is -0.606. The Labute approximate surface area is 154 Å². The molecule has 0 spiro atoms. The highest BCUT2D eigenvalue weighted by Gasteiger charge is 2.09. The van der Waals surface area contributed by atoms with Gasteiger partial charge in [0.05, 0.1) is 11.3 Å². The molecule has 3 rings (SSSR count). The largest absolute Gasteiger partial charge is 0.348 e. The second-order valence-corrected chi connectivity index (χ2v) is 6.20. The van der Waals surface area contributed by atoms with Crippen molar-refractivity contribution >= 4 is 29.1 Å². The Hall–Kier alpha value is -2.43. The van der Waals surface area contributed by atoms with E-state index in [2.05, 4.69) is 10.3 Å². The van der Waals surface area contributed by atoms with Gasteiger partial charge in [0.2, 0.25) is 0 Å². The van der Waals surface area contributed by atoms with Crippen LogP contribution in [-0.4, -0.2) is 10.9 Å². The van der Waals surface area contributed by atoms with Crippen molar-refractivity contribution in [1.29, 1.82) is 0 Å². The number of carbonyl (C=O) groups excluding carboxylic acids is 1. The van der Waals surface area contributed by atoms with Gasteiger partial charge in [-0.3, -0.25) is 9.78 Å². The van der Waals surface area contributed by atoms with Gasteiger partial charge in [-0.1, -0.05) is 41.4 Å². The Balaban J connectivity index is 1.68. The molecule has 3 aromatic rings. The topological polar surface area (TPSA) is 42.0 Å². The monoisotopic (exact) mass is 374 g/mol. The summed E-state index contributed by atoms with van der Waals surface area (Å²) in [6, 6.07) is 14.6. The first-order chi connectivity index (χ1) is 12.0. The summed E-state index contributed by atoms with van der Waals surface area (Å²) in [4.78, 5) is 16.4. The molecule has 0 saturated heterocycles. The molecule has 1 amide bonds. The molecule has 126 valence electrons. The van der Waals surface area contributed by atoms with Crippen molar-refractivity contribution in [3.05, 3.63) is 87.8 Å². The maximum atomic E-state index is 13.3. The van der Waals surface area contributed by atoms with Crippen LogP contribution in [0.25, 0.3) is 11.3 Å². The number of hydrogen-bond acceptors (Lipinski definition) is 2. The third-order valence-corrected chi connectivity index (χ3v) is 4.19. The molecule has 1 aromatic heterocycles. The SMILES string of the molecule is O=C(NCc1ccc(Cl)cc1Cl)c1ccc(-c2cccc(F)c2)nc1. The normalized spacial score (nSPS) is 10.5. The molecule has 0 aliphatic rings. The van der Waals surface area contributed by atoms with Crippen molar-refractivity contribution in [2.24, 2.45) is 0 Å². The number of amides is 1. The smallest absolute Gasteiger partial charge is 0.253 e. The molecule has 1 N–H and O–H groups in total. The van der Waals surface area contributed by atoms with Gasteiger partial charge >= 0.3 is 0 Å². The van der Waals surface area contributed by atoms with Crippen LogP contribution < -0.4 is 5.32 Å². The van der Waals surface area contributed by atoms with Gasteiger partial charge in [0.15, 0.2) is 0 Å². The van der Waals surface area contributed by atoms with Crippen LogP contribution in [-0.2, 0) is 6.54 Å². The summed E-state index contributed by atoms with van der Waals surface area (Å²) < 4.78 is 13.3. The molecule has 25 heavy (non-hydrogen) atoms. The summed E-state index contributed by atoms with van der Waals surface area (Å²) >= 11 is 11.9. The van der Waals surface area contributed by atoms with E-state index in [1.165, 1.54) is 18.3 Å². The van der Waals surface area contributed by atoms with Gasteiger partial charge < -0.3 is 5.32 Å². The molecule has 6 heteroatoms. The van der Waals surface area contributed by atoms with E-state index in [9.17, 15) is 9.18 Å². The van der Waals surface area contributed by atoms with Crippen LogP contribution in [0.2, 0.25) is 10.0 Å². The van der Waals surface area contributed by atoms with Crippen LogP contribution >= 0.6 is 23.2 Å². The van der Waals surface area contributed by atoms with Crippen LogP contribution in [0.1, 0.15) is 15.9 Å².